The first-order valence-corrected chi connectivity index (χ1v) is 7.44. The molecular formula is C16H22N2O4. The Hall–Kier alpha value is -1.92. The molecule has 22 heavy (non-hydrogen) atoms. The van der Waals surface area contributed by atoms with Crippen LogP contribution in [0.1, 0.15) is 16.8 Å². The van der Waals surface area contributed by atoms with Crippen molar-refractivity contribution in [3.05, 3.63) is 35.9 Å². The molecule has 1 heterocycles. The highest BCUT2D eigenvalue weighted by Gasteiger charge is 2.15. The second-order valence-electron chi connectivity index (χ2n) is 5.33. The van der Waals surface area contributed by atoms with E-state index in [2.05, 4.69) is 16.8 Å². The van der Waals surface area contributed by atoms with Gasteiger partial charge < -0.3 is 19.3 Å². The maximum Gasteiger partial charge on any atom is 0.340 e. The molecule has 1 aliphatic heterocycles. The normalized spacial score (nSPS) is 16.2. The van der Waals surface area contributed by atoms with Gasteiger partial charge in [0.05, 0.1) is 12.0 Å². The summed E-state index contributed by atoms with van der Waals surface area (Å²) in [5.41, 5.74) is 0.441. The van der Waals surface area contributed by atoms with Gasteiger partial charge in [-0.15, -0.1) is 0 Å². The molecule has 2 rings (SSSR count). The largest absolute Gasteiger partial charge is 0.428 e. The van der Waals surface area contributed by atoms with Crippen molar-refractivity contribution in [3.8, 4) is 0 Å². The zero-order chi connectivity index (χ0) is 15.8. The average molecular weight is 306 g/mol. The molecule has 0 bridgehead atoms. The highest BCUT2D eigenvalue weighted by molar-refractivity contribution is 5.89. The summed E-state index contributed by atoms with van der Waals surface area (Å²) < 4.78 is 9.83. The lowest BCUT2D eigenvalue weighted by atomic mass is 10.2. The molecule has 1 aliphatic rings. The number of hydrogen-bond acceptors (Lipinski definition) is 6. The first-order chi connectivity index (χ1) is 10.6. The lowest BCUT2D eigenvalue weighted by Crippen LogP contribution is -2.45. The molecule has 1 fully saturated rings. The maximum atomic E-state index is 11.6. The third-order valence-electron chi connectivity index (χ3n) is 3.65. The third kappa shape index (κ3) is 5.46. The fourth-order valence-corrected chi connectivity index (χ4v) is 2.20. The molecule has 0 N–H and O–H groups in total. The average Bonchev–Trinajstić information content (AvgIpc) is 2.55. The van der Waals surface area contributed by atoms with Crippen molar-refractivity contribution in [3.63, 3.8) is 0 Å². The quantitative estimate of drug-likeness (QED) is 0.577. The van der Waals surface area contributed by atoms with Gasteiger partial charge in [0.2, 0.25) is 6.79 Å². The van der Waals surface area contributed by atoms with Crippen LogP contribution in [0.5, 0.6) is 0 Å². The van der Waals surface area contributed by atoms with E-state index in [4.69, 9.17) is 9.47 Å². The summed E-state index contributed by atoms with van der Waals surface area (Å²) in [6, 6.07) is 8.61. The zero-order valence-electron chi connectivity index (χ0n) is 12.9. The van der Waals surface area contributed by atoms with E-state index in [9.17, 15) is 9.59 Å². The Labute approximate surface area is 130 Å². The van der Waals surface area contributed by atoms with Crippen LogP contribution in [-0.2, 0) is 14.3 Å². The number of carbonyl (C=O) groups is 2. The third-order valence-corrected chi connectivity index (χ3v) is 3.65. The van der Waals surface area contributed by atoms with Crippen LogP contribution in [0, 0.1) is 0 Å². The minimum Gasteiger partial charge on any atom is -0.428 e. The van der Waals surface area contributed by atoms with Crippen molar-refractivity contribution >= 4 is 11.9 Å². The maximum absolute atomic E-state index is 11.6. The van der Waals surface area contributed by atoms with Gasteiger partial charge in [-0.25, -0.2) is 4.79 Å². The molecule has 0 spiro atoms. The first kappa shape index (κ1) is 16.5. The number of nitrogens with zero attached hydrogens (tertiary/aromatic N) is 2. The lowest BCUT2D eigenvalue weighted by molar-refractivity contribution is -0.152. The van der Waals surface area contributed by atoms with Crippen LogP contribution in [0.15, 0.2) is 30.3 Å². The van der Waals surface area contributed by atoms with Crippen LogP contribution < -0.4 is 0 Å². The monoisotopic (exact) mass is 306 g/mol. The zero-order valence-corrected chi connectivity index (χ0v) is 12.9. The predicted octanol–water partition coefficient (Wildman–Crippen LogP) is 0.982. The minimum atomic E-state index is -0.493. The fraction of sp³-hybridized carbons (Fsp3) is 0.500. The smallest absolute Gasteiger partial charge is 0.340 e. The number of carbonyl (C=O) groups excluding carboxylic acids is 2. The van der Waals surface area contributed by atoms with Crippen LogP contribution in [0.3, 0.4) is 0 Å². The summed E-state index contributed by atoms with van der Waals surface area (Å²) in [4.78, 5) is 27.7. The van der Waals surface area contributed by atoms with Gasteiger partial charge in [0.25, 0.3) is 0 Å². The van der Waals surface area contributed by atoms with Gasteiger partial charge in [0.1, 0.15) is 0 Å². The highest BCUT2D eigenvalue weighted by Crippen LogP contribution is 2.03. The topological polar surface area (TPSA) is 59.1 Å². The molecule has 0 saturated carbocycles. The van der Waals surface area contributed by atoms with E-state index in [1.54, 1.807) is 24.3 Å². The van der Waals surface area contributed by atoms with Crippen LogP contribution in [-0.4, -0.2) is 68.3 Å². The molecule has 6 nitrogen and oxygen atoms in total. The van der Waals surface area contributed by atoms with E-state index in [-0.39, 0.29) is 12.8 Å². The van der Waals surface area contributed by atoms with Gasteiger partial charge >= 0.3 is 11.9 Å². The molecule has 0 atom stereocenters. The number of esters is 2. The Kier molecular flexibility index (Phi) is 6.36. The summed E-state index contributed by atoms with van der Waals surface area (Å²) in [5, 5.41) is 0. The number of benzene rings is 1. The van der Waals surface area contributed by atoms with Crippen molar-refractivity contribution in [1.29, 1.82) is 0 Å². The minimum absolute atomic E-state index is 0.312. The summed E-state index contributed by atoms with van der Waals surface area (Å²) in [7, 11) is 2.09. The van der Waals surface area contributed by atoms with Crippen LogP contribution >= 0.6 is 0 Å². The van der Waals surface area contributed by atoms with Gasteiger partial charge in [-0.3, -0.25) is 4.79 Å². The Morgan fingerprint density at radius 2 is 1.73 bits per heavy atom. The van der Waals surface area contributed by atoms with Gasteiger partial charge in [0.15, 0.2) is 0 Å². The molecule has 0 radical (unpaired) electrons. The second-order valence-corrected chi connectivity index (χ2v) is 5.33. The van der Waals surface area contributed by atoms with Crippen molar-refractivity contribution in [2.45, 2.75) is 6.42 Å². The van der Waals surface area contributed by atoms with Crippen LogP contribution in [0.2, 0.25) is 0 Å². The molecule has 1 aromatic carbocycles. The van der Waals surface area contributed by atoms with E-state index >= 15 is 0 Å². The van der Waals surface area contributed by atoms with Crippen molar-refractivity contribution in [1.82, 2.24) is 9.80 Å². The van der Waals surface area contributed by atoms with Crippen LogP contribution in [0.25, 0.3) is 0 Å². The van der Waals surface area contributed by atoms with E-state index < -0.39 is 5.97 Å². The summed E-state index contributed by atoms with van der Waals surface area (Å²) >= 11 is 0. The van der Waals surface area contributed by atoms with Crippen molar-refractivity contribution in [2.24, 2.45) is 0 Å². The molecule has 0 aliphatic carbocycles. The molecule has 0 aromatic heterocycles. The van der Waals surface area contributed by atoms with E-state index in [0.29, 0.717) is 18.5 Å². The number of rotatable bonds is 6. The fourth-order valence-electron chi connectivity index (χ4n) is 2.20. The molecule has 0 amide bonds. The molecule has 1 saturated heterocycles. The Balaban J connectivity index is 1.59. The summed E-state index contributed by atoms with van der Waals surface area (Å²) in [6.45, 7) is 4.31. The van der Waals surface area contributed by atoms with Gasteiger partial charge in [-0.05, 0) is 19.2 Å². The molecule has 1 aromatic rings. The molecule has 120 valence electrons. The number of piperazine rings is 1. The van der Waals surface area contributed by atoms with E-state index in [0.717, 1.165) is 26.2 Å². The molecule has 6 heteroatoms. The number of hydrogen-bond donors (Lipinski definition) is 0. The first-order valence-electron chi connectivity index (χ1n) is 7.44. The predicted molar refractivity (Wildman–Crippen MR) is 81.4 cm³/mol. The number of ether oxygens (including phenoxy) is 2. The highest BCUT2D eigenvalue weighted by atomic mass is 16.7. The molecular weight excluding hydrogens is 284 g/mol. The van der Waals surface area contributed by atoms with Gasteiger partial charge in [-0.1, -0.05) is 18.2 Å². The Bertz CT molecular complexity index is 484. The van der Waals surface area contributed by atoms with Gasteiger partial charge in [0, 0.05) is 32.7 Å². The Morgan fingerprint density at radius 3 is 2.41 bits per heavy atom. The standard InChI is InChI=1S/C16H22N2O4/c1-17-9-11-18(12-10-17)8-7-15(19)21-13-22-16(20)14-5-3-2-4-6-14/h2-6H,7-13H2,1H3. The number of likely N-dealkylation sites (N-methyl/N-ethyl adjacent to an activating group) is 1. The summed E-state index contributed by atoms with van der Waals surface area (Å²) in [5.74, 6) is -0.841. The SMILES string of the molecule is CN1CCN(CCC(=O)OCOC(=O)c2ccccc2)CC1. The summed E-state index contributed by atoms with van der Waals surface area (Å²) in [6.07, 6.45) is 0.312. The Morgan fingerprint density at radius 1 is 1.05 bits per heavy atom. The van der Waals surface area contributed by atoms with Crippen molar-refractivity contribution < 1.29 is 19.1 Å². The van der Waals surface area contributed by atoms with E-state index in [1.165, 1.54) is 0 Å². The van der Waals surface area contributed by atoms with E-state index in [1.807, 2.05) is 6.07 Å². The van der Waals surface area contributed by atoms with Crippen LogP contribution in [0.4, 0.5) is 0 Å². The lowest BCUT2D eigenvalue weighted by Gasteiger charge is -2.31. The van der Waals surface area contributed by atoms with Gasteiger partial charge in [-0.2, -0.15) is 0 Å². The molecule has 0 unspecified atom stereocenters. The second kappa shape index (κ2) is 8.51. The van der Waals surface area contributed by atoms with Crippen molar-refractivity contribution in [2.75, 3.05) is 46.6 Å².